The van der Waals surface area contributed by atoms with Crippen LogP contribution in [0.5, 0.6) is 0 Å². The summed E-state index contributed by atoms with van der Waals surface area (Å²) in [5, 5.41) is 11.5. The van der Waals surface area contributed by atoms with Crippen molar-refractivity contribution in [1.82, 2.24) is 15.1 Å². The average Bonchev–Trinajstić information content (AvgIpc) is 2.90. The molecule has 0 unspecified atom stereocenters. The number of aromatic nitrogens is 2. The summed E-state index contributed by atoms with van der Waals surface area (Å²) >= 11 is 0. The van der Waals surface area contributed by atoms with Crippen molar-refractivity contribution in [2.75, 3.05) is 18.5 Å². The Morgan fingerprint density at radius 3 is 3.09 bits per heavy atom. The number of carbonyl (C=O) groups excluding carboxylic acids is 1. The van der Waals surface area contributed by atoms with Crippen LogP contribution < -0.4 is 10.6 Å². The van der Waals surface area contributed by atoms with E-state index in [1.807, 2.05) is 42.9 Å². The van der Waals surface area contributed by atoms with E-state index >= 15 is 0 Å². The highest BCUT2D eigenvalue weighted by Crippen LogP contribution is 2.19. The van der Waals surface area contributed by atoms with Crippen LogP contribution in [0.1, 0.15) is 13.8 Å². The first-order valence-electron chi connectivity index (χ1n) is 7.30. The summed E-state index contributed by atoms with van der Waals surface area (Å²) in [4.78, 5) is 12.3. The molecular formula is C15H21ClN4O2. The van der Waals surface area contributed by atoms with Crippen LogP contribution in [0.3, 0.4) is 0 Å². The topological polar surface area (TPSA) is 68.2 Å². The zero-order valence-corrected chi connectivity index (χ0v) is 13.5. The number of anilines is 1. The van der Waals surface area contributed by atoms with Crippen LogP contribution in [0.25, 0.3) is 10.9 Å². The minimum Gasteiger partial charge on any atom is -0.375 e. The summed E-state index contributed by atoms with van der Waals surface area (Å²) in [6.45, 7) is 6.10. The molecule has 1 aliphatic rings. The van der Waals surface area contributed by atoms with Gasteiger partial charge in [-0.3, -0.25) is 9.48 Å². The summed E-state index contributed by atoms with van der Waals surface area (Å²) in [6.07, 6.45) is 1.71. The smallest absolute Gasteiger partial charge is 0.244 e. The molecule has 3 rings (SSSR count). The number of hydrogen-bond donors (Lipinski definition) is 2. The Morgan fingerprint density at radius 2 is 2.36 bits per heavy atom. The molecule has 2 N–H and O–H groups in total. The molecular weight excluding hydrogens is 304 g/mol. The molecule has 1 aliphatic heterocycles. The van der Waals surface area contributed by atoms with Gasteiger partial charge in [0.15, 0.2) is 0 Å². The lowest BCUT2D eigenvalue weighted by molar-refractivity contribution is -0.123. The number of ether oxygens (including phenoxy) is 1. The molecule has 2 aromatic rings. The molecule has 0 saturated carbocycles. The van der Waals surface area contributed by atoms with E-state index in [1.165, 1.54) is 0 Å². The molecule has 120 valence electrons. The largest absolute Gasteiger partial charge is 0.375 e. The molecule has 1 aromatic heterocycles. The molecule has 1 amide bonds. The number of halogens is 1. The molecule has 2 heterocycles. The lowest BCUT2D eigenvalue weighted by Gasteiger charge is -2.29. The fourth-order valence-electron chi connectivity index (χ4n) is 2.65. The first kappa shape index (κ1) is 16.7. The number of hydrogen-bond acceptors (Lipinski definition) is 4. The quantitative estimate of drug-likeness (QED) is 0.903. The predicted octanol–water partition coefficient (Wildman–Crippen LogP) is 1.79. The highest BCUT2D eigenvalue weighted by molar-refractivity contribution is 5.97. The fraction of sp³-hybridized carbons (Fsp3) is 0.467. The Hall–Kier alpha value is -1.63. The van der Waals surface area contributed by atoms with Crippen LogP contribution in [0.15, 0.2) is 24.4 Å². The molecule has 7 heteroatoms. The zero-order chi connectivity index (χ0) is 14.8. The summed E-state index contributed by atoms with van der Waals surface area (Å²) in [5.41, 5.74) is 1.80. The first-order chi connectivity index (χ1) is 10.2. The number of amides is 1. The minimum atomic E-state index is -0.314. The molecule has 2 atom stereocenters. The van der Waals surface area contributed by atoms with Gasteiger partial charge >= 0.3 is 0 Å². The Labute approximate surface area is 135 Å². The van der Waals surface area contributed by atoms with Gasteiger partial charge < -0.3 is 15.4 Å². The molecule has 0 radical (unpaired) electrons. The van der Waals surface area contributed by atoms with Gasteiger partial charge in [-0.05, 0) is 32.0 Å². The summed E-state index contributed by atoms with van der Waals surface area (Å²) in [6, 6.07) is 5.51. The summed E-state index contributed by atoms with van der Waals surface area (Å²) < 4.78 is 7.42. The number of nitrogens with zero attached hydrogens (tertiary/aromatic N) is 2. The lowest BCUT2D eigenvalue weighted by atomic mass is 10.1. The second kappa shape index (κ2) is 7.09. The molecule has 22 heavy (non-hydrogen) atoms. The zero-order valence-electron chi connectivity index (χ0n) is 12.7. The van der Waals surface area contributed by atoms with Crippen molar-refractivity contribution in [1.29, 1.82) is 0 Å². The number of fused-ring (bicyclic) bond motifs is 1. The molecule has 0 bridgehead atoms. The number of rotatable bonds is 3. The van der Waals surface area contributed by atoms with Gasteiger partial charge in [0.25, 0.3) is 0 Å². The number of carbonyl (C=O) groups is 1. The SMILES string of the molecule is CCn1ncc2ccc(NC(=O)[C@H]3NCCO[C@@H]3C)cc21.Cl. The summed E-state index contributed by atoms with van der Waals surface area (Å²) in [5.74, 6) is -0.0656. The fourth-order valence-corrected chi connectivity index (χ4v) is 2.65. The predicted molar refractivity (Wildman–Crippen MR) is 88.5 cm³/mol. The van der Waals surface area contributed by atoms with Crippen LogP contribution in [-0.4, -0.2) is 41.0 Å². The van der Waals surface area contributed by atoms with Gasteiger partial charge in [-0.25, -0.2) is 0 Å². The van der Waals surface area contributed by atoms with Gasteiger partial charge in [-0.1, -0.05) is 0 Å². The van der Waals surface area contributed by atoms with Crippen LogP contribution in [0, 0.1) is 0 Å². The van der Waals surface area contributed by atoms with E-state index in [9.17, 15) is 4.79 Å². The molecule has 1 fully saturated rings. The van der Waals surface area contributed by atoms with Crippen molar-refractivity contribution in [3.63, 3.8) is 0 Å². The first-order valence-corrected chi connectivity index (χ1v) is 7.30. The van der Waals surface area contributed by atoms with Gasteiger partial charge in [0.05, 0.1) is 24.4 Å². The van der Waals surface area contributed by atoms with E-state index in [4.69, 9.17) is 4.74 Å². The maximum Gasteiger partial charge on any atom is 0.244 e. The van der Waals surface area contributed by atoms with Crippen LogP contribution in [0.4, 0.5) is 5.69 Å². The Morgan fingerprint density at radius 1 is 1.55 bits per heavy atom. The van der Waals surface area contributed by atoms with Crippen molar-refractivity contribution in [3.8, 4) is 0 Å². The third-order valence-corrected chi connectivity index (χ3v) is 3.81. The Balaban J connectivity index is 0.00000176. The van der Waals surface area contributed by atoms with Gasteiger partial charge in [-0.15, -0.1) is 12.4 Å². The van der Waals surface area contributed by atoms with Crippen molar-refractivity contribution < 1.29 is 9.53 Å². The second-order valence-corrected chi connectivity index (χ2v) is 5.23. The van der Waals surface area contributed by atoms with E-state index in [-0.39, 0.29) is 30.5 Å². The highest BCUT2D eigenvalue weighted by atomic mass is 35.5. The molecule has 6 nitrogen and oxygen atoms in total. The Bertz CT molecular complexity index is 658. The van der Waals surface area contributed by atoms with Crippen LogP contribution in [0.2, 0.25) is 0 Å². The maximum absolute atomic E-state index is 12.3. The normalized spacial score (nSPS) is 21.4. The molecule has 0 aliphatic carbocycles. The lowest BCUT2D eigenvalue weighted by Crippen LogP contribution is -2.53. The maximum atomic E-state index is 12.3. The van der Waals surface area contributed by atoms with Crippen molar-refractivity contribution >= 4 is 34.9 Å². The van der Waals surface area contributed by atoms with Crippen molar-refractivity contribution in [2.45, 2.75) is 32.5 Å². The van der Waals surface area contributed by atoms with Crippen molar-refractivity contribution in [3.05, 3.63) is 24.4 Å². The second-order valence-electron chi connectivity index (χ2n) is 5.23. The monoisotopic (exact) mass is 324 g/mol. The average molecular weight is 325 g/mol. The highest BCUT2D eigenvalue weighted by Gasteiger charge is 2.28. The van der Waals surface area contributed by atoms with Crippen LogP contribution in [-0.2, 0) is 16.1 Å². The number of nitrogens with one attached hydrogen (secondary N) is 2. The summed E-state index contributed by atoms with van der Waals surface area (Å²) in [7, 11) is 0. The molecule has 1 aromatic carbocycles. The number of benzene rings is 1. The number of morpholine rings is 1. The van der Waals surface area contributed by atoms with Gasteiger partial charge in [0.2, 0.25) is 5.91 Å². The van der Waals surface area contributed by atoms with E-state index in [0.29, 0.717) is 13.2 Å². The third-order valence-electron chi connectivity index (χ3n) is 3.81. The van der Waals surface area contributed by atoms with Gasteiger partial charge in [0.1, 0.15) is 6.04 Å². The van der Waals surface area contributed by atoms with E-state index < -0.39 is 0 Å². The van der Waals surface area contributed by atoms with E-state index in [2.05, 4.69) is 15.7 Å². The van der Waals surface area contributed by atoms with E-state index in [0.717, 1.165) is 23.1 Å². The van der Waals surface area contributed by atoms with E-state index in [1.54, 1.807) is 0 Å². The third kappa shape index (κ3) is 3.24. The van der Waals surface area contributed by atoms with Crippen molar-refractivity contribution in [2.24, 2.45) is 0 Å². The van der Waals surface area contributed by atoms with Gasteiger partial charge in [0, 0.05) is 24.2 Å². The molecule has 1 saturated heterocycles. The Kier molecular flexibility index (Phi) is 5.39. The minimum absolute atomic E-state index is 0. The van der Waals surface area contributed by atoms with Crippen LogP contribution >= 0.6 is 12.4 Å². The standard InChI is InChI=1S/C15H20N4O2.ClH/c1-3-19-13-8-12(5-4-11(13)9-17-19)18-15(20)14-10(2)21-7-6-16-14;/h4-5,8-10,14,16H,3,6-7H2,1-2H3,(H,18,20);1H/t10-,14+;/m1./s1. The molecule has 0 spiro atoms. The van der Waals surface area contributed by atoms with Gasteiger partial charge in [-0.2, -0.15) is 5.10 Å². The number of aryl methyl sites for hydroxylation is 1.